The summed E-state index contributed by atoms with van der Waals surface area (Å²) in [4.78, 5) is 12.7. The molecule has 14 heteroatoms. The second-order valence-corrected chi connectivity index (χ2v) is 9.94. The Hall–Kier alpha value is -3.52. The second kappa shape index (κ2) is 10.5. The molecule has 3 heterocycles. The summed E-state index contributed by atoms with van der Waals surface area (Å²) in [6, 6.07) is 10.7. The largest absolute Gasteiger partial charge is 0.468 e. The van der Waals surface area contributed by atoms with E-state index < -0.39 is 47.7 Å². The number of carbonyl (C=O) groups is 1. The Balaban J connectivity index is 1.43. The van der Waals surface area contributed by atoms with Crippen LogP contribution in [0.15, 0.2) is 48.5 Å². The van der Waals surface area contributed by atoms with Crippen molar-refractivity contribution in [3.8, 4) is 0 Å². The minimum atomic E-state index is -4.95. The third-order valence-electron chi connectivity index (χ3n) is 7.45. The number of fused-ring (bicyclic) bond motifs is 2. The van der Waals surface area contributed by atoms with Gasteiger partial charge in [-0.15, -0.1) is 10.2 Å². The lowest BCUT2D eigenvalue weighted by Crippen LogP contribution is -2.54. The predicted octanol–water partition coefficient (Wildman–Crippen LogP) is 4.60. The van der Waals surface area contributed by atoms with Crippen LogP contribution in [0, 0.1) is 0 Å². The van der Waals surface area contributed by atoms with Gasteiger partial charge in [-0.1, -0.05) is 30.3 Å². The monoisotopic (exact) mass is 569 g/mol. The highest BCUT2D eigenvalue weighted by Crippen LogP contribution is 2.50. The number of hydrogen-bond acceptors (Lipinski definition) is 7. The number of ether oxygens (including phenoxy) is 2. The minimum Gasteiger partial charge on any atom is -0.468 e. The van der Waals surface area contributed by atoms with Gasteiger partial charge in [0.2, 0.25) is 0 Å². The average Bonchev–Trinajstić information content (AvgIpc) is 3.50. The number of benzene rings is 2. The standard InChI is InChI=1S/C26H25F6N5O3/c1-39-22(38)13-37-35-23(34-36-37)19-12-24(16-5-3-2-4-6-16)21(8-7-20(19)33-24)40-14-15-9-17(25(27,28)29)11-18(10-15)26(30,31)32/h2-6,9-11,19-21,33H,7-8,12-14H2,1H3. The fourth-order valence-electron chi connectivity index (χ4n) is 5.62. The van der Waals surface area contributed by atoms with Gasteiger partial charge in [0, 0.05) is 12.0 Å². The molecule has 2 saturated heterocycles. The lowest BCUT2D eigenvalue weighted by molar-refractivity contribution is -0.144. The first-order valence-electron chi connectivity index (χ1n) is 12.5. The number of nitrogens with zero attached hydrogens (tertiary/aromatic N) is 4. The van der Waals surface area contributed by atoms with Crippen LogP contribution in [0.25, 0.3) is 0 Å². The normalized spacial score (nSPS) is 24.7. The van der Waals surface area contributed by atoms with E-state index >= 15 is 0 Å². The number of hydrogen-bond donors (Lipinski definition) is 1. The molecule has 2 bridgehead atoms. The first-order valence-corrected chi connectivity index (χ1v) is 12.5. The highest BCUT2D eigenvalue weighted by molar-refractivity contribution is 5.68. The highest BCUT2D eigenvalue weighted by atomic mass is 19.4. The van der Waals surface area contributed by atoms with Gasteiger partial charge in [-0.2, -0.15) is 31.1 Å². The first-order chi connectivity index (χ1) is 18.9. The second-order valence-electron chi connectivity index (χ2n) is 9.94. The smallest absolute Gasteiger partial charge is 0.416 e. The number of tetrazole rings is 1. The Morgan fingerprint density at radius 1 is 1.05 bits per heavy atom. The molecule has 0 amide bonds. The van der Waals surface area contributed by atoms with E-state index in [1.807, 2.05) is 30.3 Å². The summed E-state index contributed by atoms with van der Waals surface area (Å²) in [7, 11) is 1.25. The van der Waals surface area contributed by atoms with Gasteiger partial charge in [0.15, 0.2) is 12.4 Å². The van der Waals surface area contributed by atoms with Crippen molar-refractivity contribution in [2.45, 2.75) is 68.4 Å². The summed E-state index contributed by atoms with van der Waals surface area (Å²) in [5.41, 5.74) is -2.95. The number of esters is 1. The summed E-state index contributed by atoms with van der Waals surface area (Å²) in [5, 5.41) is 16.0. The number of nitrogens with one attached hydrogen (secondary N) is 1. The quantitative estimate of drug-likeness (QED) is 0.329. The van der Waals surface area contributed by atoms with Crippen molar-refractivity contribution >= 4 is 5.97 Å². The van der Waals surface area contributed by atoms with Gasteiger partial charge in [-0.25, -0.2) is 4.79 Å². The summed E-state index contributed by atoms with van der Waals surface area (Å²) >= 11 is 0. The number of methoxy groups -OCH3 is 1. The molecule has 0 spiro atoms. The van der Waals surface area contributed by atoms with E-state index in [1.54, 1.807) is 0 Å². The van der Waals surface area contributed by atoms with Crippen LogP contribution in [-0.2, 0) is 45.3 Å². The van der Waals surface area contributed by atoms with Crippen LogP contribution in [0.2, 0.25) is 0 Å². The van der Waals surface area contributed by atoms with Crippen molar-refractivity contribution in [3.63, 3.8) is 0 Å². The van der Waals surface area contributed by atoms with E-state index in [0.29, 0.717) is 37.2 Å². The molecule has 40 heavy (non-hydrogen) atoms. The van der Waals surface area contributed by atoms with Crippen LogP contribution >= 0.6 is 0 Å². The molecule has 0 saturated carbocycles. The average molecular weight is 570 g/mol. The van der Waals surface area contributed by atoms with E-state index in [2.05, 4.69) is 25.5 Å². The Labute approximate surface area is 224 Å². The summed E-state index contributed by atoms with van der Waals surface area (Å²) in [5.74, 6) is -0.358. The molecule has 4 atom stereocenters. The zero-order chi connectivity index (χ0) is 28.7. The molecule has 1 N–H and O–H groups in total. The molecule has 5 rings (SSSR count). The van der Waals surface area contributed by atoms with Gasteiger partial charge in [-0.3, -0.25) is 0 Å². The van der Waals surface area contributed by atoms with Crippen LogP contribution in [0.4, 0.5) is 26.3 Å². The Morgan fingerprint density at radius 3 is 2.35 bits per heavy atom. The van der Waals surface area contributed by atoms with Crippen molar-refractivity contribution in [1.82, 2.24) is 25.5 Å². The molecule has 2 aromatic carbocycles. The third kappa shape index (κ3) is 5.55. The maximum absolute atomic E-state index is 13.4. The van der Waals surface area contributed by atoms with Crippen LogP contribution in [0.1, 0.15) is 53.3 Å². The van der Waals surface area contributed by atoms with Gasteiger partial charge in [0.05, 0.1) is 36.5 Å². The van der Waals surface area contributed by atoms with Gasteiger partial charge in [-0.05, 0) is 53.8 Å². The van der Waals surface area contributed by atoms with Crippen molar-refractivity contribution in [2.24, 2.45) is 0 Å². The first kappa shape index (κ1) is 28.0. The van der Waals surface area contributed by atoms with Crippen LogP contribution < -0.4 is 5.32 Å². The highest BCUT2D eigenvalue weighted by Gasteiger charge is 2.55. The SMILES string of the molecule is COC(=O)Cn1nnc(C2CC3(c4ccccc4)NC2CCC3OCc2cc(C(F)(F)F)cc(C(F)(F)F)c2)n1. The molecule has 8 nitrogen and oxygen atoms in total. The van der Waals surface area contributed by atoms with Crippen LogP contribution in [0.5, 0.6) is 0 Å². The molecule has 1 aromatic heterocycles. The molecular weight excluding hydrogens is 544 g/mol. The Bertz CT molecular complexity index is 1330. The Kier molecular flexibility index (Phi) is 7.33. The van der Waals surface area contributed by atoms with E-state index in [4.69, 9.17) is 4.74 Å². The Morgan fingerprint density at radius 2 is 1.73 bits per heavy atom. The van der Waals surface area contributed by atoms with E-state index in [-0.39, 0.29) is 30.1 Å². The minimum absolute atomic E-state index is 0.0961. The lowest BCUT2D eigenvalue weighted by Gasteiger charge is -2.42. The fraction of sp³-hybridized carbons (Fsp3) is 0.462. The molecule has 2 aliphatic rings. The number of alkyl halides is 6. The van der Waals surface area contributed by atoms with E-state index in [0.717, 1.165) is 10.4 Å². The van der Waals surface area contributed by atoms with Crippen LogP contribution in [-0.4, -0.2) is 45.4 Å². The van der Waals surface area contributed by atoms with Gasteiger partial charge in [0.1, 0.15) is 0 Å². The molecule has 2 aliphatic heterocycles. The van der Waals surface area contributed by atoms with Crippen molar-refractivity contribution in [3.05, 3.63) is 76.6 Å². The molecular formula is C26H25F6N5O3. The zero-order valence-electron chi connectivity index (χ0n) is 21.2. The number of rotatable bonds is 7. The van der Waals surface area contributed by atoms with Gasteiger partial charge >= 0.3 is 18.3 Å². The van der Waals surface area contributed by atoms with Gasteiger partial charge in [0.25, 0.3) is 0 Å². The number of halogens is 6. The van der Waals surface area contributed by atoms with Crippen molar-refractivity contribution in [2.75, 3.05) is 7.11 Å². The summed E-state index contributed by atoms with van der Waals surface area (Å²) in [6.07, 6.45) is -8.95. The molecule has 214 valence electrons. The lowest BCUT2D eigenvalue weighted by atomic mass is 9.80. The summed E-state index contributed by atoms with van der Waals surface area (Å²) in [6.45, 7) is -0.655. The number of piperidine rings is 1. The zero-order valence-corrected chi connectivity index (χ0v) is 21.2. The maximum atomic E-state index is 13.4. The molecule has 4 unspecified atom stereocenters. The predicted molar refractivity (Wildman–Crippen MR) is 126 cm³/mol. The third-order valence-corrected chi connectivity index (χ3v) is 7.45. The summed E-state index contributed by atoms with van der Waals surface area (Å²) < 4.78 is 91.0. The maximum Gasteiger partial charge on any atom is 0.416 e. The van der Waals surface area contributed by atoms with Crippen molar-refractivity contribution < 1.29 is 40.6 Å². The van der Waals surface area contributed by atoms with Crippen LogP contribution in [0.3, 0.4) is 0 Å². The fourth-order valence-corrected chi connectivity index (χ4v) is 5.62. The van der Waals surface area contributed by atoms with E-state index in [1.165, 1.54) is 7.11 Å². The van der Waals surface area contributed by atoms with Gasteiger partial charge < -0.3 is 14.8 Å². The van der Waals surface area contributed by atoms with E-state index in [9.17, 15) is 31.1 Å². The molecule has 0 aliphatic carbocycles. The van der Waals surface area contributed by atoms with Crippen molar-refractivity contribution in [1.29, 1.82) is 0 Å². The molecule has 2 fully saturated rings. The topological polar surface area (TPSA) is 91.2 Å². The molecule has 0 radical (unpaired) electrons. The molecule has 3 aromatic rings. The number of aromatic nitrogens is 4. The number of carbonyl (C=O) groups excluding carboxylic acids is 1.